The number of hydrogen-bond donors (Lipinski definition) is 1. The Hall–Kier alpha value is -1.70. The van der Waals surface area contributed by atoms with Crippen LogP contribution in [-0.2, 0) is 42.7 Å². The summed E-state index contributed by atoms with van der Waals surface area (Å²) in [4.78, 5) is 30.3. The van der Waals surface area contributed by atoms with E-state index >= 15 is 0 Å². The maximum absolute atomic E-state index is 14.6. The fraction of sp³-hybridized carbons (Fsp3) is 0.850. The Morgan fingerprint density at radius 3 is 2.35 bits per heavy atom. The predicted octanol–water partition coefficient (Wildman–Crippen LogP) is 4.80. The van der Waals surface area contributed by atoms with E-state index in [1.807, 2.05) is 13.8 Å². The van der Waals surface area contributed by atoms with E-state index in [0.29, 0.717) is 18.4 Å². The van der Waals surface area contributed by atoms with Crippen LogP contribution in [0.2, 0.25) is 0 Å². The normalized spacial score (nSPS) is 46.4. The Labute approximate surface area is 305 Å². The van der Waals surface area contributed by atoms with E-state index < -0.39 is 12.4 Å². The number of fused-ring (bicyclic) bond motifs is 5. The first-order valence-electron chi connectivity index (χ1n) is 19.7. The summed E-state index contributed by atoms with van der Waals surface area (Å²) < 4.78 is 43.5. The van der Waals surface area contributed by atoms with Gasteiger partial charge in [-0.25, -0.2) is 0 Å². The highest BCUT2D eigenvalue weighted by molar-refractivity contribution is 5.99. The number of esters is 1. The number of likely N-dealkylation sites (N-methyl/N-ethyl adjacent to an activating group) is 1. The number of hydrogen-bond acceptors (Lipinski definition) is 11. The SMILES string of the molecule is CC[C@H]1CCC[C@@H](O[C@H]2CC[C@H](N(C)C)[C@@H](C)O2)[C@@H](C)C(=O)C2=C[C@@H]3[C@@H](C=C[C@@H]4C[C@@H](O[C@@H]5O[C@@H](C)[C@@H](N)[C@@H](OC)[C@H]5OC)C[C@@H]34)[C@@H]2CC(=O)O1. The van der Waals surface area contributed by atoms with Gasteiger partial charge in [0.25, 0.3) is 0 Å². The molecule has 3 saturated heterocycles. The Bertz CT molecular complexity index is 1270. The zero-order valence-electron chi connectivity index (χ0n) is 32.1. The number of carbonyl (C=O) groups is 2. The van der Waals surface area contributed by atoms with Crippen molar-refractivity contribution in [2.45, 2.75) is 153 Å². The summed E-state index contributed by atoms with van der Waals surface area (Å²) >= 11 is 0. The van der Waals surface area contributed by atoms with Gasteiger partial charge in [0.1, 0.15) is 18.3 Å². The average molecular weight is 717 g/mol. The average Bonchev–Trinajstić information content (AvgIpc) is 3.68. The molecule has 0 radical (unpaired) electrons. The Morgan fingerprint density at radius 2 is 1.67 bits per heavy atom. The molecule has 4 fully saturated rings. The van der Waals surface area contributed by atoms with Gasteiger partial charge in [0, 0.05) is 32.1 Å². The van der Waals surface area contributed by atoms with Crippen LogP contribution >= 0.6 is 0 Å². The van der Waals surface area contributed by atoms with Crippen LogP contribution in [0.1, 0.15) is 85.5 Å². The maximum atomic E-state index is 14.6. The fourth-order valence-corrected chi connectivity index (χ4v) is 10.1. The van der Waals surface area contributed by atoms with Crippen LogP contribution < -0.4 is 5.73 Å². The molecule has 0 spiro atoms. The molecular weight excluding hydrogens is 652 g/mol. The first kappa shape index (κ1) is 39.0. The van der Waals surface area contributed by atoms with Crippen molar-refractivity contribution in [2.75, 3.05) is 28.3 Å². The second-order valence-electron chi connectivity index (χ2n) is 16.4. The summed E-state index contributed by atoms with van der Waals surface area (Å²) in [7, 11) is 7.46. The molecule has 288 valence electrons. The van der Waals surface area contributed by atoms with Gasteiger partial charge in [-0.3, -0.25) is 9.59 Å². The molecule has 6 rings (SSSR count). The number of rotatable bonds is 8. The quantitative estimate of drug-likeness (QED) is 0.275. The van der Waals surface area contributed by atoms with Crippen molar-refractivity contribution in [3.63, 3.8) is 0 Å². The minimum absolute atomic E-state index is 0.0383. The Kier molecular flexibility index (Phi) is 12.8. The first-order valence-corrected chi connectivity index (χ1v) is 19.7. The molecule has 0 unspecified atom stereocenters. The lowest BCUT2D eigenvalue weighted by Crippen LogP contribution is -2.62. The summed E-state index contributed by atoms with van der Waals surface area (Å²) in [6.07, 6.45) is 11.0. The van der Waals surface area contributed by atoms with Gasteiger partial charge in [0.05, 0.1) is 36.9 Å². The number of methoxy groups -OCH3 is 2. The highest BCUT2D eigenvalue weighted by atomic mass is 16.7. The van der Waals surface area contributed by atoms with Gasteiger partial charge in [0.2, 0.25) is 0 Å². The summed E-state index contributed by atoms with van der Waals surface area (Å²) in [6.45, 7) is 8.13. The lowest BCUT2D eigenvalue weighted by atomic mass is 9.70. The van der Waals surface area contributed by atoms with Gasteiger partial charge in [0.15, 0.2) is 18.4 Å². The number of Topliss-reactive ketones (excluding diaryl/α,β-unsaturated/α-hetero) is 1. The number of nitrogens with two attached hydrogens (primary N) is 1. The molecule has 3 aliphatic heterocycles. The molecule has 17 atom stereocenters. The van der Waals surface area contributed by atoms with Crippen molar-refractivity contribution < 1.29 is 42.7 Å². The molecule has 51 heavy (non-hydrogen) atoms. The third kappa shape index (κ3) is 8.21. The van der Waals surface area contributed by atoms with Crippen molar-refractivity contribution >= 4 is 11.8 Å². The van der Waals surface area contributed by atoms with Crippen LogP contribution in [0.5, 0.6) is 0 Å². The third-order valence-electron chi connectivity index (χ3n) is 13.1. The molecule has 6 aliphatic rings. The Morgan fingerprint density at radius 1 is 0.902 bits per heavy atom. The molecule has 0 aromatic carbocycles. The third-order valence-corrected chi connectivity index (χ3v) is 13.1. The standard InChI is InChI=1S/C40H64N2O9/c1-9-25-11-10-12-33(51-35-16-15-32(42(5)6)22(3)47-35)21(2)37(44)31-19-29-27(30(31)20-34(43)49-25)14-13-24-17-26(18-28(24)29)50-40-39(46-8)38(45-7)36(41)23(4)48-40/h13-14,19,21-30,32-33,35-36,38-40H,9-12,15-18,20,41H2,1-8H3/t21-,22-,23+,24-,25+,26-,27-,28-,29-,30+,32+,33-,35+,36-,38-,39-,40+/m1/s1. The van der Waals surface area contributed by atoms with Gasteiger partial charge in [-0.05, 0) is 109 Å². The number of cyclic esters (lactones) is 1. The van der Waals surface area contributed by atoms with E-state index in [0.717, 1.165) is 50.5 Å². The minimum Gasteiger partial charge on any atom is -0.462 e. The molecule has 0 bridgehead atoms. The summed E-state index contributed by atoms with van der Waals surface area (Å²) in [5.74, 6) is 0.0204. The van der Waals surface area contributed by atoms with Crippen molar-refractivity contribution in [1.82, 2.24) is 4.90 Å². The number of ether oxygens (including phenoxy) is 7. The summed E-state index contributed by atoms with van der Waals surface area (Å²) in [5, 5.41) is 0. The van der Waals surface area contributed by atoms with Crippen LogP contribution in [0, 0.1) is 35.5 Å². The van der Waals surface area contributed by atoms with E-state index in [1.165, 1.54) is 0 Å². The number of ketones is 1. The van der Waals surface area contributed by atoms with E-state index in [-0.39, 0.29) is 96.7 Å². The van der Waals surface area contributed by atoms with E-state index in [9.17, 15) is 9.59 Å². The lowest BCUT2D eigenvalue weighted by molar-refractivity contribution is -0.290. The van der Waals surface area contributed by atoms with Gasteiger partial charge >= 0.3 is 5.97 Å². The summed E-state index contributed by atoms with van der Waals surface area (Å²) in [5.41, 5.74) is 7.15. The van der Waals surface area contributed by atoms with Crippen molar-refractivity contribution in [1.29, 1.82) is 0 Å². The second-order valence-corrected chi connectivity index (χ2v) is 16.4. The molecule has 11 heteroatoms. The lowest BCUT2D eigenvalue weighted by Gasteiger charge is -2.43. The first-order chi connectivity index (χ1) is 24.4. The zero-order valence-corrected chi connectivity index (χ0v) is 32.1. The summed E-state index contributed by atoms with van der Waals surface area (Å²) in [6, 6.07) is 0.0165. The highest BCUT2D eigenvalue weighted by Gasteiger charge is 2.52. The van der Waals surface area contributed by atoms with Crippen LogP contribution in [-0.4, -0.2) is 112 Å². The monoisotopic (exact) mass is 716 g/mol. The van der Waals surface area contributed by atoms with Crippen molar-refractivity contribution in [3.05, 3.63) is 23.8 Å². The van der Waals surface area contributed by atoms with E-state index in [2.05, 4.69) is 51.1 Å². The van der Waals surface area contributed by atoms with E-state index in [4.69, 9.17) is 38.9 Å². The Balaban J connectivity index is 1.21. The number of nitrogens with zero attached hydrogens (tertiary/aromatic N) is 1. The van der Waals surface area contributed by atoms with Crippen LogP contribution in [0.25, 0.3) is 0 Å². The highest BCUT2D eigenvalue weighted by Crippen LogP contribution is 2.54. The van der Waals surface area contributed by atoms with Crippen molar-refractivity contribution in [2.24, 2.45) is 41.2 Å². The molecular formula is C40H64N2O9. The molecule has 1 saturated carbocycles. The smallest absolute Gasteiger partial charge is 0.306 e. The molecule has 2 N–H and O–H groups in total. The number of carbonyl (C=O) groups excluding carboxylic acids is 2. The van der Waals surface area contributed by atoms with Crippen LogP contribution in [0.4, 0.5) is 0 Å². The molecule has 3 heterocycles. The topological polar surface area (TPSA) is 128 Å². The molecule has 3 aliphatic carbocycles. The molecule has 11 nitrogen and oxygen atoms in total. The van der Waals surface area contributed by atoms with Gasteiger partial charge in [-0.15, -0.1) is 0 Å². The van der Waals surface area contributed by atoms with Crippen LogP contribution in [0.3, 0.4) is 0 Å². The van der Waals surface area contributed by atoms with Crippen molar-refractivity contribution in [3.8, 4) is 0 Å². The predicted molar refractivity (Wildman–Crippen MR) is 191 cm³/mol. The number of allylic oxidation sites excluding steroid dienone is 4. The fourth-order valence-electron chi connectivity index (χ4n) is 10.1. The molecule has 0 aromatic heterocycles. The molecule has 0 amide bonds. The maximum Gasteiger partial charge on any atom is 0.306 e. The zero-order chi connectivity index (χ0) is 36.6. The second kappa shape index (κ2) is 16.8. The van der Waals surface area contributed by atoms with Crippen LogP contribution in [0.15, 0.2) is 23.8 Å². The van der Waals surface area contributed by atoms with Gasteiger partial charge < -0.3 is 43.8 Å². The van der Waals surface area contributed by atoms with Gasteiger partial charge in [-0.1, -0.05) is 32.1 Å². The van der Waals surface area contributed by atoms with Gasteiger partial charge in [-0.2, -0.15) is 0 Å². The largest absolute Gasteiger partial charge is 0.462 e. The molecule has 0 aromatic rings. The minimum atomic E-state index is -0.595. The van der Waals surface area contributed by atoms with E-state index in [1.54, 1.807) is 14.2 Å².